The first kappa shape index (κ1) is 14.6. The molecule has 2 rings (SSSR count). The maximum atomic E-state index is 4.58. The minimum Gasteiger partial charge on any atom is -0.367 e. The van der Waals surface area contributed by atoms with Crippen LogP contribution in [0.3, 0.4) is 0 Å². The van der Waals surface area contributed by atoms with Gasteiger partial charge in [-0.15, -0.1) is 0 Å². The second-order valence-corrected chi connectivity index (χ2v) is 5.17. The van der Waals surface area contributed by atoms with E-state index in [9.17, 15) is 0 Å². The number of aromatic nitrogens is 2. The van der Waals surface area contributed by atoms with Gasteiger partial charge >= 0.3 is 0 Å². The Morgan fingerprint density at radius 3 is 2.45 bits per heavy atom. The van der Waals surface area contributed by atoms with Gasteiger partial charge in [0.1, 0.15) is 5.82 Å². The van der Waals surface area contributed by atoms with E-state index in [2.05, 4.69) is 47.4 Å². The lowest BCUT2D eigenvalue weighted by atomic mass is 9.95. The first-order valence-corrected chi connectivity index (χ1v) is 7.40. The first-order valence-electron chi connectivity index (χ1n) is 7.40. The summed E-state index contributed by atoms with van der Waals surface area (Å²) in [7, 11) is 1.85. The van der Waals surface area contributed by atoms with Crippen LogP contribution in [-0.2, 0) is 0 Å². The van der Waals surface area contributed by atoms with Crippen molar-refractivity contribution < 1.29 is 0 Å². The molecular weight excluding hydrogens is 248 g/mol. The van der Waals surface area contributed by atoms with Gasteiger partial charge in [0.25, 0.3) is 0 Å². The van der Waals surface area contributed by atoms with Crippen LogP contribution in [0.5, 0.6) is 0 Å². The number of benzene rings is 1. The van der Waals surface area contributed by atoms with Crippen LogP contribution in [0.4, 0.5) is 11.8 Å². The fraction of sp³-hybridized carbons (Fsp3) is 0.500. The van der Waals surface area contributed by atoms with E-state index in [-0.39, 0.29) is 0 Å². The zero-order chi connectivity index (χ0) is 14.5. The predicted octanol–water partition coefficient (Wildman–Crippen LogP) is 3.91. The van der Waals surface area contributed by atoms with Gasteiger partial charge in [0.15, 0.2) is 0 Å². The smallest absolute Gasteiger partial charge is 0.224 e. The molecule has 0 fully saturated rings. The Hall–Kier alpha value is -1.84. The summed E-state index contributed by atoms with van der Waals surface area (Å²) in [5.41, 5.74) is 0.964. The topological polar surface area (TPSA) is 49.8 Å². The molecule has 0 saturated heterocycles. The van der Waals surface area contributed by atoms with E-state index in [0.717, 1.165) is 16.7 Å². The van der Waals surface area contributed by atoms with Crippen LogP contribution in [0.25, 0.3) is 10.9 Å². The van der Waals surface area contributed by atoms with Crippen molar-refractivity contribution in [2.24, 2.45) is 5.92 Å². The molecule has 0 aliphatic carbocycles. The second-order valence-electron chi connectivity index (χ2n) is 5.17. The number of anilines is 2. The molecule has 108 valence electrons. The minimum atomic E-state index is 0.396. The molecular formula is C16H24N4. The zero-order valence-electron chi connectivity index (χ0n) is 12.8. The van der Waals surface area contributed by atoms with Crippen molar-refractivity contribution in [3.8, 4) is 0 Å². The molecule has 0 saturated carbocycles. The summed E-state index contributed by atoms with van der Waals surface area (Å²) in [4.78, 5) is 9.06. The maximum Gasteiger partial charge on any atom is 0.224 e. The summed E-state index contributed by atoms with van der Waals surface area (Å²) in [6.45, 7) is 6.71. The molecule has 1 aromatic carbocycles. The maximum absolute atomic E-state index is 4.58. The fourth-order valence-corrected chi connectivity index (χ4v) is 2.63. The average Bonchev–Trinajstić information content (AvgIpc) is 2.48. The van der Waals surface area contributed by atoms with Gasteiger partial charge in [-0.3, -0.25) is 0 Å². The Kier molecular flexibility index (Phi) is 4.77. The number of hydrogen-bond acceptors (Lipinski definition) is 4. The lowest BCUT2D eigenvalue weighted by Gasteiger charge is -2.23. The van der Waals surface area contributed by atoms with Crippen LogP contribution in [0.15, 0.2) is 24.3 Å². The molecule has 0 aliphatic rings. The molecule has 1 heterocycles. The van der Waals surface area contributed by atoms with E-state index in [1.165, 1.54) is 12.8 Å². The molecule has 1 aromatic heterocycles. The van der Waals surface area contributed by atoms with Gasteiger partial charge in [0, 0.05) is 18.5 Å². The average molecular weight is 272 g/mol. The minimum absolute atomic E-state index is 0.396. The van der Waals surface area contributed by atoms with E-state index in [0.29, 0.717) is 17.9 Å². The van der Waals surface area contributed by atoms with Gasteiger partial charge in [-0.2, -0.15) is 4.98 Å². The summed E-state index contributed by atoms with van der Waals surface area (Å²) in [6, 6.07) is 8.51. The Morgan fingerprint density at radius 2 is 1.80 bits per heavy atom. The highest BCUT2D eigenvalue weighted by molar-refractivity contribution is 5.90. The number of rotatable bonds is 6. The van der Waals surface area contributed by atoms with Crippen molar-refractivity contribution in [1.82, 2.24) is 9.97 Å². The number of para-hydroxylation sites is 1. The summed E-state index contributed by atoms with van der Waals surface area (Å²) in [5.74, 6) is 2.23. The van der Waals surface area contributed by atoms with E-state index in [1.807, 2.05) is 25.2 Å². The highest BCUT2D eigenvalue weighted by Crippen LogP contribution is 2.24. The van der Waals surface area contributed by atoms with E-state index in [4.69, 9.17) is 0 Å². The lowest BCUT2D eigenvalue weighted by Crippen LogP contribution is -2.25. The molecule has 4 heteroatoms. The third-order valence-corrected chi connectivity index (χ3v) is 3.95. The summed E-state index contributed by atoms with van der Waals surface area (Å²) in [6.07, 6.45) is 2.35. The zero-order valence-corrected chi connectivity index (χ0v) is 12.8. The van der Waals surface area contributed by atoms with Crippen molar-refractivity contribution >= 4 is 22.7 Å². The Labute approximate surface area is 121 Å². The van der Waals surface area contributed by atoms with Crippen molar-refractivity contribution in [2.45, 2.75) is 39.7 Å². The number of fused-ring (bicyclic) bond motifs is 1. The predicted molar refractivity (Wildman–Crippen MR) is 86.2 cm³/mol. The van der Waals surface area contributed by atoms with Crippen LogP contribution in [0.1, 0.15) is 33.6 Å². The Balaban J connectivity index is 2.37. The molecule has 0 bridgehead atoms. The number of hydrogen-bond donors (Lipinski definition) is 2. The highest BCUT2D eigenvalue weighted by Gasteiger charge is 2.15. The van der Waals surface area contributed by atoms with Gasteiger partial charge in [0.2, 0.25) is 5.95 Å². The summed E-state index contributed by atoms with van der Waals surface area (Å²) < 4.78 is 0. The molecule has 0 amide bonds. The van der Waals surface area contributed by atoms with Gasteiger partial charge in [-0.25, -0.2) is 4.98 Å². The Morgan fingerprint density at radius 1 is 1.10 bits per heavy atom. The van der Waals surface area contributed by atoms with Gasteiger partial charge in [-0.1, -0.05) is 38.8 Å². The summed E-state index contributed by atoms with van der Waals surface area (Å²) >= 11 is 0. The van der Waals surface area contributed by atoms with Crippen LogP contribution in [0, 0.1) is 5.92 Å². The van der Waals surface area contributed by atoms with E-state index >= 15 is 0 Å². The number of nitrogens with one attached hydrogen (secondary N) is 2. The van der Waals surface area contributed by atoms with Gasteiger partial charge < -0.3 is 10.6 Å². The molecule has 2 N–H and O–H groups in total. The molecule has 0 spiro atoms. The van der Waals surface area contributed by atoms with Gasteiger partial charge in [-0.05, 0) is 25.0 Å². The monoisotopic (exact) mass is 272 g/mol. The standard InChI is InChI=1S/C16H24N4/c1-5-12(6-2)11(3)18-15-13-9-7-8-10-14(13)19-16(17-4)20-15/h7-12H,5-6H2,1-4H3,(H2,17,18,19,20). The van der Waals surface area contributed by atoms with Crippen molar-refractivity contribution in [2.75, 3.05) is 17.7 Å². The SMILES string of the molecule is CCC(CC)C(C)Nc1nc(NC)nc2ccccc12. The molecule has 1 unspecified atom stereocenters. The molecule has 0 aliphatic heterocycles. The molecule has 20 heavy (non-hydrogen) atoms. The van der Waals surface area contributed by atoms with Crippen LogP contribution in [0.2, 0.25) is 0 Å². The summed E-state index contributed by atoms with van der Waals surface area (Å²) in [5, 5.41) is 7.67. The molecule has 4 nitrogen and oxygen atoms in total. The first-order chi connectivity index (χ1) is 9.69. The quantitative estimate of drug-likeness (QED) is 0.837. The molecule has 1 atom stereocenters. The van der Waals surface area contributed by atoms with Gasteiger partial charge in [0.05, 0.1) is 5.52 Å². The van der Waals surface area contributed by atoms with Crippen LogP contribution >= 0.6 is 0 Å². The third kappa shape index (κ3) is 3.00. The molecule has 0 radical (unpaired) electrons. The second kappa shape index (κ2) is 6.55. The largest absolute Gasteiger partial charge is 0.367 e. The van der Waals surface area contributed by atoms with E-state index in [1.54, 1.807) is 0 Å². The normalized spacial score (nSPS) is 12.7. The van der Waals surface area contributed by atoms with Crippen molar-refractivity contribution in [1.29, 1.82) is 0 Å². The van der Waals surface area contributed by atoms with E-state index < -0.39 is 0 Å². The van der Waals surface area contributed by atoms with Crippen molar-refractivity contribution in [3.05, 3.63) is 24.3 Å². The molecule has 2 aromatic rings. The number of nitrogens with zero attached hydrogens (tertiary/aromatic N) is 2. The van der Waals surface area contributed by atoms with Crippen molar-refractivity contribution in [3.63, 3.8) is 0 Å². The highest BCUT2D eigenvalue weighted by atomic mass is 15.1. The van der Waals surface area contributed by atoms with Crippen LogP contribution in [-0.4, -0.2) is 23.1 Å². The fourth-order valence-electron chi connectivity index (χ4n) is 2.63. The third-order valence-electron chi connectivity index (χ3n) is 3.95. The lowest BCUT2D eigenvalue weighted by molar-refractivity contribution is 0.437. The van der Waals surface area contributed by atoms with Crippen LogP contribution < -0.4 is 10.6 Å². The Bertz CT molecular complexity index is 563.